The number of hydrogen-bond acceptors (Lipinski definition) is 2. The Morgan fingerprint density at radius 2 is 1.92 bits per heavy atom. The summed E-state index contributed by atoms with van der Waals surface area (Å²) in [5.74, 6) is -2.21. The molecule has 1 aromatic rings. The zero-order valence-corrected chi connectivity index (χ0v) is 6.56. The van der Waals surface area contributed by atoms with Crippen molar-refractivity contribution < 1.29 is 13.9 Å². The van der Waals surface area contributed by atoms with Crippen molar-refractivity contribution in [3.8, 4) is 5.75 Å². The lowest BCUT2D eigenvalue weighted by atomic mass is 10.2. The molecule has 66 valence electrons. The summed E-state index contributed by atoms with van der Waals surface area (Å²) >= 11 is 0. The Morgan fingerprint density at radius 1 is 1.33 bits per heavy atom. The number of aromatic hydroxyl groups is 1. The molecule has 1 aromatic carbocycles. The minimum atomic E-state index is -1.03. The number of phenols is 1. The van der Waals surface area contributed by atoms with Crippen LogP contribution in [-0.4, -0.2) is 12.2 Å². The smallest absolute Gasteiger partial charge is 0.162 e. The van der Waals surface area contributed by atoms with E-state index in [2.05, 4.69) is 5.32 Å². The van der Waals surface area contributed by atoms with Gasteiger partial charge >= 0.3 is 0 Å². The molecule has 2 N–H and O–H groups in total. The first kappa shape index (κ1) is 8.93. The van der Waals surface area contributed by atoms with Crippen molar-refractivity contribution in [1.29, 1.82) is 0 Å². The predicted octanol–water partition coefficient (Wildman–Crippen LogP) is 1.39. The van der Waals surface area contributed by atoms with Crippen molar-refractivity contribution in [2.24, 2.45) is 0 Å². The lowest BCUT2D eigenvalue weighted by Crippen LogP contribution is -2.05. The highest BCUT2D eigenvalue weighted by Crippen LogP contribution is 2.20. The minimum absolute atomic E-state index is 0.233. The second kappa shape index (κ2) is 3.49. The van der Waals surface area contributed by atoms with Gasteiger partial charge in [0.1, 0.15) is 5.75 Å². The van der Waals surface area contributed by atoms with E-state index in [1.54, 1.807) is 7.05 Å². The monoisotopic (exact) mass is 173 g/mol. The van der Waals surface area contributed by atoms with Crippen LogP contribution in [0.25, 0.3) is 0 Å². The quantitative estimate of drug-likeness (QED) is 0.708. The van der Waals surface area contributed by atoms with Gasteiger partial charge in [0.05, 0.1) is 0 Å². The van der Waals surface area contributed by atoms with Crippen LogP contribution < -0.4 is 5.32 Å². The second-order valence-electron chi connectivity index (χ2n) is 2.43. The van der Waals surface area contributed by atoms with Crippen molar-refractivity contribution >= 4 is 0 Å². The molecule has 0 aliphatic rings. The van der Waals surface area contributed by atoms with Gasteiger partial charge in [-0.1, -0.05) is 0 Å². The average Bonchev–Trinajstić information content (AvgIpc) is 2.01. The third kappa shape index (κ3) is 1.71. The molecule has 0 heterocycles. The van der Waals surface area contributed by atoms with Crippen molar-refractivity contribution in [2.75, 3.05) is 7.05 Å². The summed E-state index contributed by atoms with van der Waals surface area (Å²) in [5, 5.41) is 11.8. The zero-order chi connectivity index (χ0) is 9.14. The van der Waals surface area contributed by atoms with Crippen LogP contribution in [0, 0.1) is 11.6 Å². The molecule has 0 aliphatic heterocycles. The highest BCUT2D eigenvalue weighted by atomic mass is 19.2. The third-order valence-corrected chi connectivity index (χ3v) is 1.49. The number of hydrogen-bond donors (Lipinski definition) is 2. The molecule has 1 rings (SSSR count). The van der Waals surface area contributed by atoms with E-state index in [9.17, 15) is 8.78 Å². The predicted molar refractivity (Wildman–Crippen MR) is 40.8 cm³/mol. The molecule has 0 aliphatic carbocycles. The van der Waals surface area contributed by atoms with E-state index in [-0.39, 0.29) is 5.75 Å². The number of phenolic OH excluding ortho intramolecular Hbond substituents is 1. The Kier molecular flexibility index (Phi) is 2.60. The fourth-order valence-electron chi connectivity index (χ4n) is 0.910. The van der Waals surface area contributed by atoms with Crippen LogP contribution in [0.4, 0.5) is 8.78 Å². The molecule has 0 fully saturated rings. The molecular formula is C8H9F2NO. The fraction of sp³-hybridized carbons (Fsp3) is 0.250. The molecule has 2 nitrogen and oxygen atoms in total. The first-order chi connectivity index (χ1) is 5.65. The summed E-state index contributed by atoms with van der Waals surface area (Å²) < 4.78 is 25.0. The Morgan fingerprint density at radius 3 is 2.50 bits per heavy atom. The van der Waals surface area contributed by atoms with Gasteiger partial charge in [-0.2, -0.15) is 0 Å². The summed E-state index contributed by atoms with van der Waals surface area (Å²) in [5.41, 5.74) is 0.344. The average molecular weight is 173 g/mol. The molecule has 0 aromatic heterocycles. The van der Waals surface area contributed by atoms with Gasteiger partial charge in [-0.15, -0.1) is 0 Å². The highest BCUT2D eigenvalue weighted by molar-refractivity contribution is 5.33. The van der Waals surface area contributed by atoms with E-state index in [4.69, 9.17) is 5.11 Å². The van der Waals surface area contributed by atoms with Crippen molar-refractivity contribution in [3.05, 3.63) is 29.3 Å². The van der Waals surface area contributed by atoms with Gasteiger partial charge in [-0.05, 0) is 13.1 Å². The summed E-state index contributed by atoms with van der Waals surface area (Å²) in [6.45, 7) is 0.309. The standard InChI is InChI=1S/C8H9F2NO/c1-11-4-5-2-6(9)7(10)3-8(5)12/h2-3,11-12H,4H2,1H3. The van der Waals surface area contributed by atoms with Crippen LogP contribution >= 0.6 is 0 Å². The molecule has 0 atom stereocenters. The maximum Gasteiger partial charge on any atom is 0.162 e. The maximum absolute atomic E-state index is 12.6. The molecule has 0 unspecified atom stereocenters. The fourth-order valence-corrected chi connectivity index (χ4v) is 0.910. The second-order valence-corrected chi connectivity index (χ2v) is 2.43. The Labute approximate surface area is 68.8 Å². The van der Waals surface area contributed by atoms with Crippen LogP contribution in [0.2, 0.25) is 0 Å². The molecule has 0 bridgehead atoms. The molecule has 0 saturated carbocycles. The number of halogens is 2. The van der Waals surface area contributed by atoms with Gasteiger partial charge < -0.3 is 10.4 Å². The normalized spacial score (nSPS) is 10.2. The van der Waals surface area contributed by atoms with Crippen LogP contribution in [0.3, 0.4) is 0 Å². The van der Waals surface area contributed by atoms with Crippen molar-refractivity contribution in [1.82, 2.24) is 5.32 Å². The van der Waals surface area contributed by atoms with E-state index in [0.717, 1.165) is 12.1 Å². The van der Waals surface area contributed by atoms with Crippen LogP contribution in [-0.2, 0) is 6.54 Å². The molecule has 0 spiro atoms. The lowest BCUT2D eigenvalue weighted by molar-refractivity contribution is 0.445. The summed E-state index contributed by atoms with van der Waals surface area (Å²) in [7, 11) is 1.65. The summed E-state index contributed by atoms with van der Waals surface area (Å²) in [6, 6.07) is 1.74. The molecule has 0 amide bonds. The SMILES string of the molecule is CNCc1cc(F)c(F)cc1O. The van der Waals surface area contributed by atoms with Gasteiger partial charge in [-0.25, -0.2) is 8.78 Å². The maximum atomic E-state index is 12.6. The largest absolute Gasteiger partial charge is 0.508 e. The first-order valence-corrected chi connectivity index (χ1v) is 3.46. The van der Waals surface area contributed by atoms with Gasteiger partial charge in [0, 0.05) is 18.2 Å². The molecule has 12 heavy (non-hydrogen) atoms. The van der Waals surface area contributed by atoms with Gasteiger partial charge in [-0.3, -0.25) is 0 Å². The van der Waals surface area contributed by atoms with E-state index in [1.807, 2.05) is 0 Å². The molecule has 0 saturated heterocycles. The number of nitrogens with one attached hydrogen (secondary N) is 1. The summed E-state index contributed by atoms with van der Waals surface area (Å²) in [4.78, 5) is 0. The van der Waals surface area contributed by atoms with E-state index >= 15 is 0 Å². The number of benzene rings is 1. The summed E-state index contributed by atoms with van der Waals surface area (Å²) in [6.07, 6.45) is 0. The van der Waals surface area contributed by atoms with Crippen molar-refractivity contribution in [2.45, 2.75) is 6.54 Å². The van der Waals surface area contributed by atoms with E-state index in [1.165, 1.54) is 0 Å². The lowest BCUT2D eigenvalue weighted by Gasteiger charge is -2.03. The third-order valence-electron chi connectivity index (χ3n) is 1.49. The van der Waals surface area contributed by atoms with Crippen LogP contribution in [0.5, 0.6) is 5.75 Å². The number of rotatable bonds is 2. The molecular weight excluding hydrogens is 164 g/mol. The topological polar surface area (TPSA) is 32.3 Å². The Bertz CT molecular complexity index is 289. The van der Waals surface area contributed by atoms with Crippen LogP contribution in [0.15, 0.2) is 12.1 Å². The zero-order valence-electron chi connectivity index (χ0n) is 6.56. The Balaban J connectivity index is 3.05. The Hall–Kier alpha value is -1.16. The highest BCUT2D eigenvalue weighted by Gasteiger charge is 2.07. The molecule has 4 heteroatoms. The van der Waals surface area contributed by atoms with Gasteiger partial charge in [0.15, 0.2) is 11.6 Å². The van der Waals surface area contributed by atoms with Crippen LogP contribution in [0.1, 0.15) is 5.56 Å². The minimum Gasteiger partial charge on any atom is -0.508 e. The molecule has 0 radical (unpaired) electrons. The first-order valence-electron chi connectivity index (χ1n) is 3.46. The van der Waals surface area contributed by atoms with Gasteiger partial charge in [0.2, 0.25) is 0 Å². The van der Waals surface area contributed by atoms with Crippen molar-refractivity contribution in [3.63, 3.8) is 0 Å². The van der Waals surface area contributed by atoms with Gasteiger partial charge in [0.25, 0.3) is 0 Å². The van der Waals surface area contributed by atoms with E-state index < -0.39 is 11.6 Å². The van der Waals surface area contributed by atoms with E-state index in [0.29, 0.717) is 12.1 Å².